The minimum absolute atomic E-state index is 0. The summed E-state index contributed by atoms with van der Waals surface area (Å²) in [5, 5.41) is 10.1. The molecule has 0 fully saturated rings. The Morgan fingerprint density at radius 2 is 1.80 bits per heavy atom. The molecule has 0 aliphatic carbocycles. The monoisotopic (exact) mass is 328 g/mol. The van der Waals surface area contributed by atoms with Crippen molar-refractivity contribution in [1.82, 2.24) is 0 Å². The third kappa shape index (κ3) is 4.24. The van der Waals surface area contributed by atoms with Crippen LogP contribution < -0.4 is 34.8 Å². The van der Waals surface area contributed by atoms with E-state index >= 15 is 0 Å². The molecule has 0 N–H and O–H groups in total. The average molecular weight is 328 g/mol. The van der Waals surface area contributed by atoms with Crippen LogP contribution in [-0.2, 0) is 10.5 Å². The van der Waals surface area contributed by atoms with Crippen LogP contribution in [0.3, 0.4) is 0 Å². The summed E-state index contributed by atoms with van der Waals surface area (Å²) in [6.45, 7) is 1.84. The number of aryl methyl sites for hydroxylation is 1. The Kier molecular flexibility index (Phi) is 6.59. The summed E-state index contributed by atoms with van der Waals surface area (Å²) < 4.78 is 41.8. The van der Waals surface area contributed by atoms with Crippen LogP contribution in [0.15, 0.2) is 34.5 Å². The van der Waals surface area contributed by atoms with Crippen molar-refractivity contribution in [2.45, 2.75) is 17.3 Å². The van der Waals surface area contributed by atoms with Gasteiger partial charge in [0.05, 0.1) is 9.77 Å². The van der Waals surface area contributed by atoms with E-state index < -0.39 is 11.7 Å². The van der Waals surface area contributed by atoms with Crippen LogP contribution in [0.5, 0.6) is 0 Å². The maximum absolute atomic E-state index is 12.5. The molecule has 0 saturated carbocycles. The Morgan fingerprint density at radius 1 is 1.20 bits per heavy atom. The average Bonchev–Trinajstić information content (AvgIpc) is 2.70. The fourth-order valence-corrected chi connectivity index (χ4v) is 3.25. The SMILES string of the molecule is Cc1sc(SO[O-])cc1-c1ccc(C(F)(F)F)cc1.[Na+]. The minimum Gasteiger partial charge on any atom is -0.710 e. The molecule has 20 heavy (non-hydrogen) atoms. The maximum Gasteiger partial charge on any atom is 1.00 e. The van der Waals surface area contributed by atoms with Gasteiger partial charge in [-0.2, -0.15) is 13.2 Å². The molecule has 0 atom stereocenters. The number of benzene rings is 1. The molecule has 0 bridgehead atoms. The van der Waals surface area contributed by atoms with Crippen LogP contribution in [0.2, 0.25) is 0 Å². The van der Waals surface area contributed by atoms with Gasteiger partial charge in [0.15, 0.2) is 0 Å². The quantitative estimate of drug-likeness (QED) is 0.365. The van der Waals surface area contributed by atoms with Gasteiger partial charge in [-0.05, 0) is 36.2 Å². The standard InChI is InChI=1S/C12H9F3O2S2.Na/c1-7-10(6-11(18-7)19-17-16)8-2-4-9(5-3-8)12(13,14)15;/h2-6,16H,1H3;/q;+1/p-1. The predicted molar refractivity (Wildman–Crippen MR) is 66.4 cm³/mol. The van der Waals surface area contributed by atoms with Gasteiger partial charge in [-0.25, -0.2) is 0 Å². The van der Waals surface area contributed by atoms with Crippen LogP contribution in [0.4, 0.5) is 13.2 Å². The van der Waals surface area contributed by atoms with E-state index in [1.807, 2.05) is 6.92 Å². The molecule has 0 saturated heterocycles. The topological polar surface area (TPSA) is 32.3 Å². The third-order valence-electron chi connectivity index (χ3n) is 2.53. The van der Waals surface area contributed by atoms with E-state index in [1.165, 1.54) is 23.5 Å². The Balaban J connectivity index is 0.00000200. The van der Waals surface area contributed by atoms with E-state index in [1.54, 1.807) is 6.07 Å². The van der Waals surface area contributed by atoms with Gasteiger partial charge in [0.2, 0.25) is 0 Å². The largest absolute Gasteiger partial charge is 1.00 e. The fourth-order valence-electron chi connectivity index (χ4n) is 1.65. The van der Waals surface area contributed by atoms with Crippen molar-refractivity contribution in [3.05, 3.63) is 40.8 Å². The molecule has 0 radical (unpaired) electrons. The van der Waals surface area contributed by atoms with Crippen LogP contribution in [0.25, 0.3) is 11.1 Å². The van der Waals surface area contributed by atoms with Crippen molar-refractivity contribution >= 4 is 23.4 Å². The summed E-state index contributed by atoms with van der Waals surface area (Å²) in [7, 11) is 0. The Labute approximate surface area is 144 Å². The van der Waals surface area contributed by atoms with Crippen molar-refractivity contribution in [2.24, 2.45) is 0 Å². The second-order valence-electron chi connectivity index (χ2n) is 3.76. The molecular weight excluding hydrogens is 320 g/mol. The van der Waals surface area contributed by atoms with Gasteiger partial charge in [0.1, 0.15) is 0 Å². The summed E-state index contributed by atoms with van der Waals surface area (Å²) in [4.78, 5) is 0.916. The fraction of sp³-hybridized carbons (Fsp3) is 0.167. The van der Waals surface area contributed by atoms with Crippen molar-refractivity contribution in [2.75, 3.05) is 0 Å². The zero-order valence-electron chi connectivity index (χ0n) is 10.7. The van der Waals surface area contributed by atoms with E-state index in [9.17, 15) is 18.4 Å². The van der Waals surface area contributed by atoms with E-state index in [2.05, 4.69) is 4.33 Å². The van der Waals surface area contributed by atoms with Crippen LogP contribution in [0.1, 0.15) is 10.4 Å². The first-order chi connectivity index (χ1) is 8.91. The molecule has 0 aliphatic rings. The minimum atomic E-state index is -4.33. The number of rotatable bonds is 3. The molecule has 2 rings (SSSR count). The Hall–Kier alpha value is -0.0200. The van der Waals surface area contributed by atoms with Crippen molar-refractivity contribution in [3.63, 3.8) is 0 Å². The summed E-state index contributed by atoms with van der Waals surface area (Å²) in [5.41, 5.74) is 0.805. The zero-order valence-corrected chi connectivity index (χ0v) is 14.3. The van der Waals surface area contributed by atoms with Crippen LogP contribution in [0, 0.1) is 6.92 Å². The second-order valence-corrected chi connectivity index (χ2v) is 6.02. The van der Waals surface area contributed by atoms with Gasteiger partial charge in [-0.3, -0.25) is 0 Å². The first-order valence-electron chi connectivity index (χ1n) is 5.16. The molecule has 0 aliphatic heterocycles. The van der Waals surface area contributed by atoms with E-state index in [4.69, 9.17) is 0 Å². The van der Waals surface area contributed by atoms with Gasteiger partial charge >= 0.3 is 35.7 Å². The van der Waals surface area contributed by atoms with Crippen molar-refractivity contribution < 1.29 is 52.3 Å². The zero-order chi connectivity index (χ0) is 14.0. The van der Waals surface area contributed by atoms with E-state index in [0.29, 0.717) is 21.8 Å². The Morgan fingerprint density at radius 3 is 2.30 bits per heavy atom. The van der Waals surface area contributed by atoms with Gasteiger partial charge in [0, 0.05) is 16.9 Å². The van der Waals surface area contributed by atoms with Crippen molar-refractivity contribution in [1.29, 1.82) is 0 Å². The molecule has 1 aromatic heterocycles. The number of thiophene rings is 1. The molecule has 1 aromatic carbocycles. The number of hydrogen-bond donors (Lipinski definition) is 0. The molecule has 0 spiro atoms. The molecule has 0 amide bonds. The maximum atomic E-state index is 12.5. The summed E-state index contributed by atoms with van der Waals surface area (Å²) in [6, 6.07) is 6.66. The molecule has 0 unspecified atom stereocenters. The number of alkyl halides is 3. The molecule has 1 heterocycles. The molecular formula is C12H8F3NaO2S2. The molecule has 2 nitrogen and oxygen atoms in total. The molecule has 102 valence electrons. The van der Waals surface area contributed by atoms with Crippen LogP contribution >= 0.6 is 23.4 Å². The number of hydrogen-bond acceptors (Lipinski definition) is 4. The van der Waals surface area contributed by atoms with Crippen molar-refractivity contribution in [3.8, 4) is 11.1 Å². The number of halogens is 3. The van der Waals surface area contributed by atoms with E-state index in [0.717, 1.165) is 22.6 Å². The molecule has 8 heteroatoms. The normalized spacial score (nSPS) is 11.2. The smallest absolute Gasteiger partial charge is 0.710 e. The summed E-state index contributed by atoms with van der Waals surface area (Å²) >= 11 is 2.05. The summed E-state index contributed by atoms with van der Waals surface area (Å²) in [5.74, 6) is 0. The Bertz CT molecular complexity index is 567. The first-order valence-corrected chi connectivity index (χ1v) is 6.72. The van der Waals surface area contributed by atoms with Gasteiger partial charge in [0.25, 0.3) is 0 Å². The second kappa shape index (κ2) is 7.31. The predicted octanol–water partition coefficient (Wildman–Crippen LogP) is 1.05. The van der Waals surface area contributed by atoms with Gasteiger partial charge in [-0.15, -0.1) is 11.3 Å². The van der Waals surface area contributed by atoms with Gasteiger partial charge < -0.3 is 9.59 Å². The first kappa shape index (κ1) is 18.0. The molecule has 2 aromatic rings. The summed E-state index contributed by atoms with van der Waals surface area (Å²) in [6.07, 6.45) is -4.33. The van der Waals surface area contributed by atoms with Gasteiger partial charge in [-0.1, -0.05) is 12.1 Å². The van der Waals surface area contributed by atoms with E-state index in [-0.39, 0.29) is 29.6 Å². The third-order valence-corrected chi connectivity index (χ3v) is 4.18. The van der Waals surface area contributed by atoms with Crippen LogP contribution in [-0.4, -0.2) is 0 Å².